The molecule has 0 amide bonds. The van der Waals surface area contributed by atoms with E-state index in [1.807, 2.05) is 0 Å². The number of ether oxygens (including phenoxy) is 1. The van der Waals surface area contributed by atoms with Crippen LogP contribution >= 0.6 is 0 Å². The summed E-state index contributed by atoms with van der Waals surface area (Å²) < 4.78 is 5.67. The van der Waals surface area contributed by atoms with Gasteiger partial charge in [-0.15, -0.1) is 0 Å². The third-order valence-corrected chi connectivity index (χ3v) is 3.51. The maximum absolute atomic E-state index is 5.67. The van der Waals surface area contributed by atoms with E-state index in [1.165, 1.54) is 45.1 Å². The number of nitrogens with two attached hydrogens (primary N) is 1. The number of likely N-dealkylation sites (tertiary alicyclic amines) is 1. The van der Waals surface area contributed by atoms with Gasteiger partial charge in [-0.2, -0.15) is 0 Å². The summed E-state index contributed by atoms with van der Waals surface area (Å²) in [6, 6.07) is 0.775. The lowest BCUT2D eigenvalue weighted by Gasteiger charge is -2.18. The highest BCUT2D eigenvalue weighted by molar-refractivity contribution is 4.75. The smallest absolute Gasteiger partial charge is 0.0480 e. The summed E-state index contributed by atoms with van der Waals surface area (Å²) in [5.41, 5.74) is 5.44. The largest absolute Gasteiger partial charge is 0.381 e. The van der Waals surface area contributed by atoms with Gasteiger partial charge in [0.1, 0.15) is 0 Å². The van der Waals surface area contributed by atoms with Crippen LogP contribution in [0.3, 0.4) is 0 Å². The summed E-state index contributed by atoms with van der Waals surface area (Å²) in [4.78, 5) is 2.46. The Balaban J connectivity index is 1.81. The van der Waals surface area contributed by atoms with Crippen molar-refractivity contribution in [3.05, 3.63) is 0 Å². The fourth-order valence-electron chi connectivity index (χ4n) is 2.37. The number of rotatable bonds is 9. The fourth-order valence-corrected chi connectivity index (χ4v) is 2.37. The van der Waals surface area contributed by atoms with E-state index in [1.54, 1.807) is 0 Å². The Morgan fingerprint density at radius 1 is 1.19 bits per heavy atom. The molecule has 0 aliphatic carbocycles. The first kappa shape index (κ1) is 13.9. The van der Waals surface area contributed by atoms with Crippen LogP contribution in [0.5, 0.6) is 0 Å². The van der Waals surface area contributed by atoms with Crippen LogP contribution in [0.25, 0.3) is 0 Å². The quantitative estimate of drug-likeness (QED) is 0.614. The van der Waals surface area contributed by atoms with Crippen molar-refractivity contribution in [3.63, 3.8) is 0 Å². The van der Waals surface area contributed by atoms with Gasteiger partial charge in [0.15, 0.2) is 0 Å². The molecule has 16 heavy (non-hydrogen) atoms. The highest BCUT2D eigenvalue weighted by Crippen LogP contribution is 2.17. The molecular formula is C13H28N2O. The van der Waals surface area contributed by atoms with Crippen LogP contribution < -0.4 is 5.73 Å². The molecule has 1 atom stereocenters. The van der Waals surface area contributed by atoms with E-state index < -0.39 is 0 Å². The van der Waals surface area contributed by atoms with Crippen molar-refractivity contribution < 1.29 is 4.74 Å². The Hall–Kier alpha value is -0.120. The Morgan fingerprint density at radius 2 is 2.00 bits per heavy atom. The number of unbranched alkanes of at least 4 members (excludes halogenated alkanes) is 3. The summed E-state index contributed by atoms with van der Waals surface area (Å²) >= 11 is 0. The molecule has 2 N–H and O–H groups in total. The Bertz CT molecular complexity index is 164. The van der Waals surface area contributed by atoms with E-state index >= 15 is 0 Å². The second-order valence-electron chi connectivity index (χ2n) is 4.88. The molecule has 0 radical (unpaired) electrons. The standard InChI is InChI=1S/C13H28N2O/c1-15-10-6-7-13(15)8-12-16-11-5-3-2-4-9-14/h13H,2-12,14H2,1H3. The first-order chi connectivity index (χ1) is 7.84. The second-order valence-corrected chi connectivity index (χ2v) is 4.88. The van der Waals surface area contributed by atoms with Crippen LogP contribution in [0.15, 0.2) is 0 Å². The van der Waals surface area contributed by atoms with Gasteiger partial charge < -0.3 is 15.4 Å². The van der Waals surface area contributed by atoms with Gasteiger partial charge in [0.05, 0.1) is 0 Å². The average Bonchev–Trinajstić information content (AvgIpc) is 2.68. The molecule has 1 heterocycles. The molecule has 1 fully saturated rings. The van der Waals surface area contributed by atoms with E-state index in [0.717, 1.165) is 32.2 Å². The lowest BCUT2D eigenvalue weighted by molar-refractivity contribution is 0.110. The monoisotopic (exact) mass is 228 g/mol. The highest BCUT2D eigenvalue weighted by Gasteiger charge is 2.19. The van der Waals surface area contributed by atoms with Crippen molar-refractivity contribution in [1.29, 1.82) is 0 Å². The van der Waals surface area contributed by atoms with Gasteiger partial charge in [-0.25, -0.2) is 0 Å². The molecule has 0 aromatic carbocycles. The van der Waals surface area contributed by atoms with Gasteiger partial charge in [-0.1, -0.05) is 12.8 Å². The first-order valence-corrected chi connectivity index (χ1v) is 6.82. The Kier molecular flexibility index (Phi) is 7.81. The molecule has 0 aromatic heterocycles. The van der Waals surface area contributed by atoms with E-state index in [-0.39, 0.29) is 0 Å². The minimum atomic E-state index is 0.775. The minimum Gasteiger partial charge on any atom is -0.381 e. The third kappa shape index (κ3) is 5.83. The molecule has 1 saturated heterocycles. The van der Waals surface area contributed by atoms with Crippen molar-refractivity contribution in [2.45, 2.75) is 51.0 Å². The molecule has 0 saturated carbocycles. The maximum atomic E-state index is 5.67. The molecular weight excluding hydrogens is 200 g/mol. The Morgan fingerprint density at radius 3 is 2.69 bits per heavy atom. The number of nitrogens with zero attached hydrogens (tertiary/aromatic N) is 1. The van der Waals surface area contributed by atoms with Crippen LogP contribution in [0.2, 0.25) is 0 Å². The zero-order chi connectivity index (χ0) is 11.6. The first-order valence-electron chi connectivity index (χ1n) is 6.82. The summed E-state index contributed by atoms with van der Waals surface area (Å²) in [5.74, 6) is 0. The molecule has 3 nitrogen and oxygen atoms in total. The van der Waals surface area contributed by atoms with Gasteiger partial charge >= 0.3 is 0 Å². The molecule has 3 heteroatoms. The summed E-state index contributed by atoms with van der Waals surface area (Å²) in [6.07, 6.45) is 8.80. The summed E-state index contributed by atoms with van der Waals surface area (Å²) in [5, 5.41) is 0. The fraction of sp³-hybridized carbons (Fsp3) is 1.00. The van der Waals surface area contributed by atoms with Crippen molar-refractivity contribution in [1.82, 2.24) is 4.90 Å². The minimum absolute atomic E-state index is 0.775. The summed E-state index contributed by atoms with van der Waals surface area (Å²) in [7, 11) is 2.23. The zero-order valence-electron chi connectivity index (χ0n) is 10.8. The van der Waals surface area contributed by atoms with E-state index in [2.05, 4.69) is 11.9 Å². The van der Waals surface area contributed by atoms with E-state index in [9.17, 15) is 0 Å². The van der Waals surface area contributed by atoms with Gasteiger partial charge in [0.25, 0.3) is 0 Å². The van der Waals surface area contributed by atoms with Crippen molar-refractivity contribution in [2.75, 3.05) is 33.4 Å². The van der Waals surface area contributed by atoms with E-state index in [0.29, 0.717) is 0 Å². The molecule has 0 bridgehead atoms. The second kappa shape index (κ2) is 8.97. The molecule has 1 aliphatic rings. The van der Waals surface area contributed by atoms with Crippen molar-refractivity contribution in [2.24, 2.45) is 5.73 Å². The predicted octanol–water partition coefficient (Wildman–Crippen LogP) is 2.01. The maximum Gasteiger partial charge on any atom is 0.0480 e. The van der Waals surface area contributed by atoms with Crippen LogP contribution in [0.1, 0.15) is 44.9 Å². The lowest BCUT2D eigenvalue weighted by atomic mass is 10.1. The van der Waals surface area contributed by atoms with Gasteiger partial charge in [0.2, 0.25) is 0 Å². The molecule has 0 aromatic rings. The summed E-state index contributed by atoms with van der Waals surface area (Å²) in [6.45, 7) is 3.96. The van der Waals surface area contributed by atoms with E-state index in [4.69, 9.17) is 10.5 Å². The van der Waals surface area contributed by atoms with Crippen molar-refractivity contribution >= 4 is 0 Å². The van der Waals surface area contributed by atoms with Crippen LogP contribution in [0.4, 0.5) is 0 Å². The van der Waals surface area contributed by atoms with Gasteiger partial charge in [-0.05, 0) is 52.2 Å². The topological polar surface area (TPSA) is 38.5 Å². The van der Waals surface area contributed by atoms with Gasteiger partial charge in [0, 0.05) is 19.3 Å². The third-order valence-electron chi connectivity index (χ3n) is 3.51. The van der Waals surface area contributed by atoms with Crippen LogP contribution in [-0.2, 0) is 4.74 Å². The zero-order valence-corrected chi connectivity index (χ0v) is 10.8. The van der Waals surface area contributed by atoms with Gasteiger partial charge in [-0.3, -0.25) is 0 Å². The molecule has 96 valence electrons. The average molecular weight is 228 g/mol. The van der Waals surface area contributed by atoms with Crippen LogP contribution in [0, 0.1) is 0 Å². The van der Waals surface area contributed by atoms with Crippen LogP contribution in [-0.4, -0.2) is 44.3 Å². The SMILES string of the molecule is CN1CCCC1CCOCCCCCCN. The predicted molar refractivity (Wildman–Crippen MR) is 68.6 cm³/mol. The normalized spacial score (nSPS) is 21.8. The Labute approximate surface area is 100 Å². The molecule has 1 aliphatic heterocycles. The lowest BCUT2D eigenvalue weighted by Crippen LogP contribution is -2.26. The number of hydrogen-bond acceptors (Lipinski definition) is 3. The molecule has 1 unspecified atom stereocenters. The molecule has 0 spiro atoms. The number of hydrogen-bond donors (Lipinski definition) is 1. The highest BCUT2D eigenvalue weighted by atomic mass is 16.5. The molecule has 1 rings (SSSR count). The van der Waals surface area contributed by atoms with Crippen molar-refractivity contribution in [3.8, 4) is 0 Å².